The molecular weight excluding hydrogens is 525 g/mol. The number of hydrogen-bond acceptors (Lipinski definition) is 7. The van der Waals surface area contributed by atoms with Crippen molar-refractivity contribution in [2.24, 2.45) is 0 Å². The van der Waals surface area contributed by atoms with Crippen LogP contribution in [0.25, 0.3) is 11.5 Å². The molecule has 0 spiro atoms. The molecule has 0 saturated carbocycles. The largest absolute Gasteiger partial charge is 0.457 e. The molecule has 0 aliphatic rings. The summed E-state index contributed by atoms with van der Waals surface area (Å²) >= 11 is 0. The Morgan fingerprint density at radius 2 is 1.42 bits per heavy atom. The third-order valence-electron chi connectivity index (χ3n) is 3.99. The number of hydrogen-bond donors (Lipinski definition) is 1. The molecule has 194 valence electrons. The molecule has 0 aliphatic heterocycles. The topological polar surface area (TPSA) is 85.7 Å². The molecule has 0 bridgehead atoms. The normalized spacial score (nSPS) is 13.0. The minimum Gasteiger partial charge on any atom is -0.457 e. The van der Waals surface area contributed by atoms with Crippen LogP contribution >= 0.6 is 0 Å². The van der Waals surface area contributed by atoms with Crippen molar-refractivity contribution < 1.29 is 53.0 Å². The molecule has 3 rings (SSSR count). The molecule has 0 fully saturated rings. The molecule has 0 saturated heterocycles. The van der Waals surface area contributed by atoms with Crippen molar-refractivity contribution in [2.45, 2.75) is 24.5 Å². The summed E-state index contributed by atoms with van der Waals surface area (Å²) in [5, 5.41) is 2.20. The number of rotatable bonds is 6. The van der Waals surface area contributed by atoms with Crippen LogP contribution in [0.4, 0.5) is 59.9 Å². The highest BCUT2D eigenvalue weighted by Gasteiger charge is 2.58. The van der Waals surface area contributed by atoms with Crippen molar-refractivity contribution in [1.82, 2.24) is 24.9 Å². The van der Waals surface area contributed by atoms with Crippen LogP contribution in [0.15, 0.2) is 36.5 Å². The van der Waals surface area contributed by atoms with Crippen molar-refractivity contribution in [3.8, 4) is 17.5 Å². The van der Waals surface area contributed by atoms with Gasteiger partial charge in [0.25, 0.3) is 0 Å². The van der Waals surface area contributed by atoms with E-state index in [1.807, 2.05) is 0 Å². The molecule has 36 heavy (non-hydrogen) atoms. The second-order valence-corrected chi connectivity index (χ2v) is 6.71. The van der Waals surface area contributed by atoms with Gasteiger partial charge in [-0.3, -0.25) is 4.98 Å². The first-order chi connectivity index (χ1) is 16.5. The monoisotopic (exact) mass is 534 g/mol. The lowest BCUT2D eigenvalue weighted by molar-refractivity contribution is -0.290. The SMILES string of the molecule is FC(F)(F)c1cc(Nc2nc(OCC(F)(F)C(F)(F)F)nc(-c3cccc(C(F)(F)F)n3)n2)ccn1. The predicted molar refractivity (Wildman–Crippen MR) is 97.1 cm³/mol. The Bertz CT molecular complexity index is 1230. The zero-order chi connectivity index (χ0) is 26.9. The van der Waals surface area contributed by atoms with Gasteiger partial charge in [-0.2, -0.15) is 63.2 Å². The molecule has 3 aromatic heterocycles. The fraction of sp³-hybridized carbons (Fsp3) is 0.278. The molecule has 0 aromatic carbocycles. The van der Waals surface area contributed by atoms with E-state index in [9.17, 15) is 48.3 Å². The summed E-state index contributed by atoms with van der Waals surface area (Å²) in [6.45, 7) is -2.32. The van der Waals surface area contributed by atoms with Gasteiger partial charge in [-0.15, -0.1) is 0 Å². The van der Waals surface area contributed by atoms with E-state index in [1.165, 1.54) is 0 Å². The zero-order valence-electron chi connectivity index (χ0n) is 17.0. The predicted octanol–water partition coefficient (Wildman–Crippen LogP) is 5.69. The van der Waals surface area contributed by atoms with Gasteiger partial charge in [0, 0.05) is 11.9 Å². The Hall–Kier alpha value is -3.86. The van der Waals surface area contributed by atoms with Gasteiger partial charge in [0.2, 0.25) is 5.95 Å². The van der Waals surface area contributed by atoms with E-state index in [2.05, 4.69) is 35.0 Å². The van der Waals surface area contributed by atoms with Gasteiger partial charge in [-0.1, -0.05) is 6.07 Å². The van der Waals surface area contributed by atoms with E-state index in [4.69, 9.17) is 0 Å². The first kappa shape index (κ1) is 26.7. The minimum atomic E-state index is -6.02. The maximum Gasteiger partial charge on any atom is 0.456 e. The number of alkyl halides is 11. The highest BCUT2D eigenvalue weighted by atomic mass is 19.4. The average Bonchev–Trinajstić information content (AvgIpc) is 2.76. The molecule has 7 nitrogen and oxygen atoms in total. The van der Waals surface area contributed by atoms with E-state index in [1.54, 1.807) is 0 Å². The minimum absolute atomic E-state index is 0.377. The molecule has 0 amide bonds. The first-order valence-corrected chi connectivity index (χ1v) is 9.14. The van der Waals surface area contributed by atoms with Crippen LogP contribution in [0.1, 0.15) is 11.4 Å². The maximum atomic E-state index is 13.2. The van der Waals surface area contributed by atoms with E-state index in [0.717, 1.165) is 24.4 Å². The van der Waals surface area contributed by atoms with Crippen molar-refractivity contribution in [3.05, 3.63) is 47.9 Å². The van der Waals surface area contributed by atoms with Crippen molar-refractivity contribution >= 4 is 11.6 Å². The van der Waals surface area contributed by atoms with Crippen molar-refractivity contribution in [3.63, 3.8) is 0 Å². The van der Waals surface area contributed by atoms with Crippen molar-refractivity contribution in [2.75, 3.05) is 11.9 Å². The van der Waals surface area contributed by atoms with Gasteiger partial charge in [-0.05, 0) is 24.3 Å². The molecule has 3 aromatic rings. The lowest BCUT2D eigenvalue weighted by Crippen LogP contribution is -2.42. The quantitative estimate of drug-likeness (QED) is 0.407. The van der Waals surface area contributed by atoms with Gasteiger partial charge >= 0.3 is 30.5 Å². The Balaban J connectivity index is 2.03. The third kappa shape index (κ3) is 6.42. The van der Waals surface area contributed by atoms with Crippen LogP contribution in [0, 0.1) is 0 Å². The van der Waals surface area contributed by atoms with Crippen molar-refractivity contribution in [1.29, 1.82) is 0 Å². The van der Waals surface area contributed by atoms with E-state index in [-0.39, 0.29) is 5.69 Å². The Morgan fingerprint density at radius 1 is 0.750 bits per heavy atom. The van der Waals surface area contributed by atoms with Crippen LogP contribution in [0.5, 0.6) is 6.01 Å². The summed E-state index contributed by atoms with van der Waals surface area (Å²) in [6.07, 6.45) is -15.1. The Labute approximate surface area is 192 Å². The van der Waals surface area contributed by atoms with Crippen LogP contribution < -0.4 is 10.1 Å². The standard InChI is InChI=1S/C18H9F11N6O/c19-15(20,18(27,28)29)7-36-14-34-12(9-2-1-3-10(32-9)16(21,22)23)33-13(35-14)31-8-4-5-30-11(6-8)17(24,25)26/h1-6H,7H2,(H,30,31,33,34,35). The Morgan fingerprint density at radius 3 is 2.03 bits per heavy atom. The van der Waals surface area contributed by atoms with Crippen LogP contribution in [-0.4, -0.2) is 43.6 Å². The summed E-state index contributed by atoms with van der Waals surface area (Å²) in [4.78, 5) is 16.8. The smallest absolute Gasteiger partial charge is 0.456 e. The number of nitrogens with zero attached hydrogens (tertiary/aromatic N) is 5. The highest BCUT2D eigenvalue weighted by molar-refractivity contribution is 5.57. The summed E-state index contributed by atoms with van der Waals surface area (Å²) in [7, 11) is 0. The van der Waals surface area contributed by atoms with Gasteiger partial charge in [0.1, 0.15) is 17.1 Å². The third-order valence-corrected chi connectivity index (χ3v) is 3.99. The van der Waals surface area contributed by atoms with Crippen LogP contribution in [0.2, 0.25) is 0 Å². The number of nitrogens with one attached hydrogen (secondary N) is 1. The molecule has 0 atom stereocenters. The number of aromatic nitrogens is 5. The van der Waals surface area contributed by atoms with Gasteiger partial charge in [-0.25, -0.2) is 4.98 Å². The van der Waals surface area contributed by atoms with Gasteiger partial charge in [0.15, 0.2) is 12.4 Å². The number of halogens is 11. The fourth-order valence-corrected chi connectivity index (χ4v) is 2.34. The first-order valence-electron chi connectivity index (χ1n) is 9.14. The molecular formula is C18H9F11N6O. The summed E-state index contributed by atoms with van der Waals surface area (Å²) in [5.74, 6) is -6.92. The molecule has 0 radical (unpaired) electrons. The fourth-order valence-electron chi connectivity index (χ4n) is 2.34. The molecule has 0 unspecified atom stereocenters. The summed E-state index contributed by atoms with van der Waals surface area (Å²) < 4.78 is 146. The van der Waals surface area contributed by atoms with E-state index < -0.39 is 65.9 Å². The second kappa shape index (κ2) is 9.30. The molecule has 0 aliphatic carbocycles. The zero-order valence-corrected chi connectivity index (χ0v) is 17.0. The second-order valence-electron chi connectivity index (χ2n) is 6.71. The molecule has 3 heterocycles. The number of anilines is 2. The van der Waals surface area contributed by atoms with E-state index in [0.29, 0.717) is 12.1 Å². The van der Waals surface area contributed by atoms with E-state index >= 15 is 0 Å². The van der Waals surface area contributed by atoms with Crippen LogP contribution in [-0.2, 0) is 12.4 Å². The molecule has 1 N–H and O–H groups in total. The van der Waals surface area contributed by atoms with Gasteiger partial charge < -0.3 is 10.1 Å². The van der Waals surface area contributed by atoms with Gasteiger partial charge in [0.05, 0.1) is 0 Å². The number of ether oxygens (including phenoxy) is 1. The maximum absolute atomic E-state index is 13.2. The Kier molecular flexibility index (Phi) is 6.91. The summed E-state index contributed by atoms with van der Waals surface area (Å²) in [5.41, 5.74) is -3.81. The average molecular weight is 534 g/mol. The number of pyridine rings is 2. The van der Waals surface area contributed by atoms with Crippen LogP contribution in [0.3, 0.4) is 0 Å². The highest BCUT2D eigenvalue weighted by Crippen LogP contribution is 2.36. The summed E-state index contributed by atoms with van der Waals surface area (Å²) in [6, 6.07) is 2.64. The lowest BCUT2D eigenvalue weighted by Gasteiger charge is -2.19. The lowest BCUT2D eigenvalue weighted by atomic mass is 10.3. The molecule has 18 heteroatoms.